The molecule has 0 aromatic rings. The zero-order valence-corrected chi connectivity index (χ0v) is 17.9. The second-order valence-corrected chi connectivity index (χ2v) is 8.14. The smallest absolute Gasteiger partial charge is 0.187 e. The third-order valence-corrected chi connectivity index (χ3v) is 5.72. The molecule has 12 N–H and O–H groups in total. The minimum Gasteiger partial charge on any atom is -0.394 e. The van der Waals surface area contributed by atoms with Crippen molar-refractivity contribution in [2.24, 2.45) is 0 Å². The summed E-state index contributed by atoms with van der Waals surface area (Å²) in [5, 5.41) is 117. The Balaban J connectivity index is 2.01. The lowest BCUT2D eigenvalue weighted by atomic mass is 9.97. The Morgan fingerprint density at radius 2 is 1.15 bits per heavy atom. The van der Waals surface area contributed by atoms with Gasteiger partial charge in [-0.1, -0.05) is 0 Å². The molecule has 2 saturated heterocycles. The summed E-state index contributed by atoms with van der Waals surface area (Å²) in [6.07, 6.45) is -24.1. The van der Waals surface area contributed by atoms with Crippen LogP contribution >= 0.6 is 0 Å². The number of aliphatic hydroxyl groups excluding tert-OH is 12. The monoisotopic (exact) mass is 506 g/mol. The SMILES string of the molecule is OC[C@H](O)[C@@H](O)[C@H](O)[C@H](O)CO[C@@H]1O[C@H](CO)[C@@H](O[C@@H]2O[C@H](CO)[C@H](O)[C@H](O)[C@H]2O)[C@H](O)[C@H]1O. The van der Waals surface area contributed by atoms with E-state index in [4.69, 9.17) is 24.1 Å². The van der Waals surface area contributed by atoms with Gasteiger partial charge in [0, 0.05) is 0 Å². The van der Waals surface area contributed by atoms with Crippen molar-refractivity contribution in [2.45, 2.75) is 85.8 Å². The largest absolute Gasteiger partial charge is 0.394 e. The van der Waals surface area contributed by atoms with E-state index < -0.39 is 112 Å². The quantitative estimate of drug-likeness (QED) is 0.124. The van der Waals surface area contributed by atoms with E-state index >= 15 is 0 Å². The van der Waals surface area contributed by atoms with Crippen molar-refractivity contribution in [3.63, 3.8) is 0 Å². The van der Waals surface area contributed by atoms with Crippen molar-refractivity contribution in [3.05, 3.63) is 0 Å². The predicted octanol–water partition coefficient (Wildman–Crippen LogP) is -7.94. The fraction of sp³-hybridized carbons (Fsp3) is 1.00. The maximum Gasteiger partial charge on any atom is 0.187 e. The van der Waals surface area contributed by atoms with Gasteiger partial charge >= 0.3 is 0 Å². The van der Waals surface area contributed by atoms with Crippen LogP contribution in [0.5, 0.6) is 0 Å². The van der Waals surface area contributed by atoms with Gasteiger partial charge in [0.2, 0.25) is 0 Å². The molecule has 2 fully saturated rings. The Hall–Kier alpha value is -0.640. The van der Waals surface area contributed by atoms with E-state index in [-0.39, 0.29) is 0 Å². The molecule has 2 aliphatic rings. The predicted molar refractivity (Wildman–Crippen MR) is 103 cm³/mol. The van der Waals surface area contributed by atoms with Crippen molar-refractivity contribution in [2.75, 3.05) is 26.4 Å². The molecule has 202 valence electrons. The van der Waals surface area contributed by atoms with Crippen LogP contribution in [-0.4, -0.2) is 174 Å². The molecule has 14 atom stereocenters. The topological polar surface area (TPSA) is 280 Å². The Bertz CT molecular complexity index is 594. The number of hydrogen-bond acceptors (Lipinski definition) is 16. The summed E-state index contributed by atoms with van der Waals surface area (Å²) >= 11 is 0. The fourth-order valence-corrected chi connectivity index (χ4v) is 3.55. The van der Waals surface area contributed by atoms with Crippen LogP contribution in [0.25, 0.3) is 0 Å². The molecule has 0 amide bonds. The molecule has 0 bridgehead atoms. The second-order valence-electron chi connectivity index (χ2n) is 8.14. The Labute approximate surface area is 193 Å². The van der Waals surface area contributed by atoms with Crippen LogP contribution in [0.4, 0.5) is 0 Å². The molecule has 16 heteroatoms. The molecule has 2 heterocycles. The normalized spacial score (nSPS) is 42.7. The van der Waals surface area contributed by atoms with Gasteiger partial charge in [0.25, 0.3) is 0 Å². The Morgan fingerprint density at radius 3 is 1.71 bits per heavy atom. The lowest BCUT2D eigenvalue weighted by molar-refractivity contribution is -0.360. The number of rotatable bonds is 11. The van der Waals surface area contributed by atoms with Crippen molar-refractivity contribution < 1.29 is 80.2 Å². The maximum absolute atomic E-state index is 10.5. The summed E-state index contributed by atoms with van der Waals surface area (Å²) in [6, 6.07) is 0. The molecule has 0 radical (unpaired) electrons. The first-order valence-electron chi connectivity index (χ1n) is 10.5. The Kier molecular flexibility index (Phi) is 11.4. The van der Waals surface area contributed by atoms with Gasteiger partial charge in [0.1, 0.15) is 73.2 Å². The summed E-state index contributed by atoms with van der Waals surface area (Å²) in [4.78, 5) is 0. The van der Waals surface area contributed by atoms with Crippen LogP contribution in [0, 0.1) is 0 Å². The standard InChI is InChI=1S/C18H34O16/c19-1-5(22)9(24)10(25)6(23)4-31-17-15(30)13(28)16(8(3-21)33-17)34-18-14(29)12(27)11(26)7(2-20)32-18/h5-30H,1-4H2/t5-,6+,7+,8+,9+,10+,11-,12-,13+,14+,15+,16+,17+,18-/m0/s1. The van der Waals surface area contributed by atoms with Crippen molar-refractivity contribution in [1.82, 2.24) is 0 Å². The first-order valence-corrected chi connectivity index (χ1v) is 10.5. The fourth-order valence-electron chi connectivity index (χ4n) is 3.55. The molecule has 16 nitrogen and oxygen atoms in total. The highest BCUT2D eigenvalue weighted by Crippen LogP contribution is 2.29. The second kappa shape index (κ2) is 13.1. The average Bonchev–Trinajstić information content (AvgIpc) is 2.84. The first kappa shape index (κ1) is 29.6. The van der Waals surface area contributed by atoms with Crippen LogP contribution in [0.3, 0.4) is 0 Å². The number of ether oxygens (including phenoxy) is 4. The van der Waals surface area contributed by atoms with Gasteiger partial charge < -0.3 is 80.2 Å². The lowest BCUT2D eigenvalue weighted by Crippen LogP contribution is -2.64. The van der Waals surface area contributed by atoms with Gasteiger partial charge in [-0.2, -0.15) is 0 Å². The highest BCUT2D eigenvalue weighted by Gasteiger charge is 2.50. The molecular weight excluding hydrogens is 472 g/mol. The minimum absolute atomic E-state index is 0.741. The van der Waals surface area contributed by atoms with E-state index in [1.54, 1.807) is 0 Å². The van der Waals surface area contributed by atoms with E-state index in [1.807, 2.05) is 0 Å². The summed E-state index contributed by atoms with van der Waals surface area (Å²) in [5.74, 6) is 0. The van der Waals surface area contributed by atoms with Crippen LogP contribution in [-0.2, 0) is 18.9 Å². The van der Waals surface area contributed by atoms with Crippen LogP contribution < -0.4 is 0 Å². The van der Waals surface area contributed by atoms with Gasteiger partial charge in [-0.25, -0.2) is 0 Å². The molecule has 0 spiro atoms. The molecule has 0 unspecified atom stereocenters. The third kappa shape index (κ3) is 6.56. The number of hydrogen-bond donors (Lipinski definition) is 12. The van der Waals surface area contributed by atoms with Crippen molar-refractivity contribution in [3.8, 4) is 0 Å². The molecule has 34 heavy (non-hydrogen) atoms. The molecule has 0 aromatic carbocycles. The molecule has 2 aliphatic heterocycles. The van der Waals surface area contributed by atoms with Crippen LogP contribution in [0.2, 0.25) is 0 Å². The van der Waals surface area contributed by atoms with Crippen LogP contribution in [0.15, 0.2) is 0 Å². The van der Waals surface area contributed by atoms with E-state index in [2.05, 4.69) is 0 Å². The van der Waals surface area contributed by atoms with E-state index in [1.165, 1.54) is 0 Å². The van der Waals surface area contributed by atoms with Gasteiger partial charge in [0.15, 0.2) is 12.6 Å². The van der Waals surface area contributed by atoms with Crippen molar-refractivity contribution in [1.29, 1.82) is 0 Å². The van der Waals surface area contributed by atoms with E-state index in [0.29, 0.717) is 0 Å². The highest BCUT2D eigenvalue weighted by atomic mass is 16.7. The third-order valence-electron chi connectivity index (χ3n) is 5.72. The van der Waals surface area contributed by atoms with E-state index in [0.717, 1.165) is 0 Å². The van der Waals surface area contributed by atoms with Gasteiger partial charge in [-0.3, -0.25) is 0 Å². The first-order chi connectivity index (χ1) is 16.0. The maximum atomic E-state index is 10.5. The van der Waals surface area contributed by atoms with Crippen LogP contribution in [0.1, 0.15) is 0 Å². The Morgan fingerprint density at radius 1 is 0.618 bits per heavy atom. The molecule has 2 rings (SSSR count). The van der Waals surface area contributed by atoms with Gasteiger partial charge in [-0.15, -0.1) is 0 Å². The summed E-state index contributed by atoms with van der Waals surface area (Å²) in [6.45, 7) is -3.22. The molecule has 0 aliphatic carbocycles. The zero-order chi connectivity index (χ0) is 25.7. The van der Waals surface area contributed by atoms with Gasteiger partial charge in [-0.05, 0) is 0 Å². The molecule has 0 aromatic heterocycles. The number of aliphatic hydroxyl groups is 12. The zero-order valence-electron chi connectivity index (χ0n) is 17.9. The average molecular weight is 506 g/mol. The van der Waals surface area contributed by atoms with Crippen molar-refractivity contribution >= 4 is 0 Å². The summed E-state index contributed by atoms with van der Waals surface area (Å²) in [5.41, 5.74) is 0. The van der Waals surface area contributed by atoms with E-state index in [9.17, 15) is 56.2 Å². The molecular formula is C18H34O16. The summed E-state index contributed by atoms with van der Waals surface area (Å²) in [7, 11) is 0. The van der Waals surface area contributed by atoms with Gasteiger partial charge in [0.05, 0.1) is 26.4 Å². The minimum atomic E-state index is -1.95. The lowest BCUT2D eigenvalue weighted by Gasteiger charge is -2.46. The highest BCUT2D eigenvalue weighted by molar-refractivity contribution is 4.94. The summed E-state index contributed by atoms with van der Waals surface area (Å²) < 4.78 is 21.0. The molecule has 0 saturated carbocycles.